The Balaban J connectivity index is 1.24. The highest BCUT2D eigenvalue weighted by atomic mass is 16.5. The lowest BCUT2D eigenvalue weighted by atomic mass is 9.96. The van der Waals surface area contributed by atoms with Gasteiger partial charge in [0.1, 0.15) is 5.75 Å². The molecule has 2 aliphatic rings. The number of aromatic nitrogens is 1. The number of rotatable bonds is 7. The maximum absolute atomic E-state index is 11.8. The van der Waals surface area contributed by atoms with Gasteiger partial charge in [0.05, 0.1) is 13.2 Å². The molecule has 1 aromatic heterocycles. The summed E-state index contributed by atoms with van der Waals surface area (Å²) in [4.78, 5) is 14.3. The zero-order valence-electron chi connectivity index (χ0n) is 22.9. The van der Waals surface area contributed by atoms with Crippen LogP contribution in [0.4, 0.5) is 11.4 Å². The van der Waals surface area contributed by atoms with Crippen molar-refractivity contribution in [3.05, 3.63) is 108 Å². The second-order valence-corrected chi connectivity index (χ2v) is 10.8. The number of aliphatic carboxylic acids is 1. The molecule has 6 heteroatoms. The minimum Gasteiger partial charge on any atom is -0.497 e. The molecule has 7 rings (SSSR count). The highest BCUT2D eigenvalue weighted by molar-refractivity contribution is 5.81. The van der Waals surface area contributed by atoms with Crippen molar-refractivity contribution in [2.45, 2.75) is 37.8 Å². The number of ether oxygens (including phenoxy) is 1. The van der Waals surface area contributed by atoms with Gasteiger partial charge in [-0.3, -0.25) is 0 Å². The number of fused-ring (bicyclic) bond motifs is 4. The molecule has 4 aromatic carbocycles. The van der Waals surface area contributed by atoms with Crippen LogP contribution in [-0.2, 0) is 11.3 Å². The molecule has 0 spiro atoms. The third-order valence-corrected chi connectivity index (χ3v) is 8.42. The summed E-state index contributed by atoms with van der Waals surface area (Å²) in [6, 6.07) is 31.4. The zero-order chi connectivity index (χ0) is 27.9. The largest absolute Gasteiger partial charge is 0.497 e. The molecule has 2 unspecified atom stereocenters. The van der Waals surface area contributed by atoms with Crippen molar-refractivity contribution >= 4 is 40.6 Å². The summed E-state index contributed by atoms with van der Waals surface area (Å²) in [5.74, 6) is 0.950. The standard InChI is InChI=1S/C35H30N2O4/c1-40-27-15-13-26(14-16-27)37-30-9-5-8-28(30)29-20-23(10-17-31(29)37)11-19-34-36(22-35(38)39)32-21-25(12-18-33(32)41-34)24-6-3-2-4-7-24/h2-4,6-7,10-21,28,30H,5,8-9,22H2,1H3/p+1. The normalized spacial score (nSPS) is 17.7. The summed E-state index contributed by atoms with van der Waals surface area (Å²) >= 11 is 0. The predicted molar refractivity (Wildman–Crippen MR) is 160 cm³/mol. The van der Waals surface area contributed by atoms with Crippen LogP contribution in [0.1, 0.15) is 42.2 Å². The van der Waals surface area contributed by atoms with E-state index in [9.17, 15) is 9.90 Å². The van der Waals surface area contributed by atoms with Crippen molar-refractivity contribution in [3.8, 4) is 16.9 Å². The summed E-state index contributed by atoms with van der Waals surface area (Å²) in [5, 5.41) is 9.68. The van der Waals surface area contributed by atoms with Crippen molar-refractivity contribution in [3.63, 3.8) is 0 Å². The Hall–Kier alpha value is -4.84. The van der Waals surface area contributed by atoms with Gasteiger partial charge in [-0.2, -0.15) is 0 Å². The van der Waals surface area contributed by atoms with Gasteiger partial charge in [0.25, 0.3) is 5.52 Å². The highest BCUT2D eigenvalue weighted by Gasteiger charge is 2.42. The summed E-state index contributed by atoms with van der Waals surface area (Å²) in [6.45, 7) is -0.185. The van der Waals surface area contributed by atoms with E-state index in [1.165, 1.54) is 36.2 Å². The van der Waals surface area contributed by atoms with Crippen molar-refractivity contribution in [2.24, 2.45) is 0 Å². The first-order valence-electron chi connectivity index (χ1n) is 14.1. The molecule has 2 atom stereocenters. The Kier molecular flexibility index (Phi) is 6.31. The van der Waals surface area contributed by atoms with Crippen molar-refractivity contribution in [1.29, 1.82) is 0 Å². The number of anilines is 2. The minimum atomic E-state index is -0.916. The molecule has 41 heavy (non-hydrogen) atoms. The molecule has 5 aromatic rings. The third kappa shape index (κ3) is 4.55. The first-order chi connectivity index (χ1) is 20.1. The Bertz CT molecular complexity index is 1770. The van der Waals surface area contributed by atoms with Gasteiger partial charge in [0, 0.05) is 29.4 Å². The molecule has 2 heterocycles. The third-order valence-electron chi connectivity index (χ3n) is 8.42. The summed E-state index contributed by atoms with van der Waals surface area (Å²) in [7, 11) is 1.69. The Morgan fingerprint density at radius 1 is 0.976 bits per heavy atom. The number of carbonyl (C=O) groups is 1. The van der Waals surface area contributed by atoms with Gasteiger partial charge >= 0.3 is 11.9 Å². The molecule has 1 fully saturated rings. The Labute approximate surface area is 238 Å². The van der Waals surface area contributed by atoms with Crippen LogP contribution in [0.25, 0.3) is 34.4 Å². The predicted octanol–water partition coefficient (Wildman–Crippen LogP) is 7.44. The fraction of sp³-hybridized carbons (Fsp3) is 0.200. The molecule has 0 amide bonds. The monoisotopic (exact) mass is 543 g/mol. The molecule has 1 saturated carbocycles. The van der Waals surface area contributed by atoms with E-state index >= 15 is 0 Å². The van der Waals surface area contributed by atoms with E-state index in [2.05, 4.69) is 35.2 Å². The second-order valence-electron chi connectivity index (χ2n) is 10.8. The number of carboxylic acid groups (broad SMARTS) is 1. The number of carboxylic acids is 1. The van der Waals surface area contributed by atoms with Crippen LogP contribution in [0.15, 0.2) is 95.4 Å². The lowest BCUT2D eigenvalue weighted by Crippen LogP contribution is -2.39. The van der Waals surface area contributed by atoms with Crippen LogP contribution in [-0.4, -0.2) is 24.2 Å². The average molecular weight is 544 g/mol. The highest BCUT2D eigenvalue weighted by Crippen LogP contribution is 2.52. The van der Waals surface area contributed by atoms with Gasteiger partial charge in [-0.1, -0.05) is 48.9 Å². The molecule has 1 N–H and O–H groups in total. The SMILES string of the molecule is COc1ccc(N2c3ccc(/C=C/c4oc5ccc(-c6ccccc6)cc5[n+]4CC(=O)O)cc3C3CCCC32)cc1. The molecule has 0 bridgehead atoms. The molecule has 1 aliphatic carbocycles. The van der Waals surface area contributed by atoms with Crippen molar-refractivity contribution < 1.29 is 23.6 Å². The molecular weight excluding hydrogens is 512 g/mol. The first kappa shape index (κ1) is 25.1. The fourth-order valence-corrected chi connectivity index (χ4v) is 6.56. The van der Waals surface area contributed by atoms with Gasteiger partial charge in [-0.25, -0.2) is 4.79 Å². The van der Waals surface area contributed by atoms with E-state index in [4.69, 9.17) is 9.15 Å². The quantitative estimate of drug-likeness (QED) is 0.216. The van der Waals surface area contributed by atoms with Crippen LogP contribution in [0.5, 0.6) is 5.75 Å². The molecule has 1 aliphatic heterocycles. The van der Waals surface area contributed by atoms with Crippen molar-refractivity contribution in [1.82, 2.24) is 0 Å². The molecule has 0 radical (unpaired) electrons. The maximum atomic E-state index is 11.8. The van der Waals surface area contributed by atoms with E-state index in [1.807, 2.05) is 72.8 Å². The number of nitrogens with zero attached hydrogens (tertiary/aromatic N) is 2. The van der Waals surface area contributed by atoms with E-state index in [0.29, 0.717) is 23.4 Å². The summed E-state index contributed by atoms with van der Waals surface area (Å²) in [5.41, 5.74) is 8.40. The van der Waals surface area contributed by atoms with Gasteiger partial charge < -0.3 is 19.2 Å². The van der Waals surface area contributed by atoms with Crippen LogP contribution in [0, 0.1) is 0 Å². The topological polar surface area (TPSA) is 66.8 Å². The number of hydrogen-bond acceptors (Lipinski definition) is 4. The number of benzene rings is 4. The van der Waals surface area contributed by atoms with Gasteiger partial charge in [0.2, 0.25) is 12.1 Å². The Morgan fingerprint density at radius 2 is 1.80 bits per heavy atom. The van der Waals surface area contributed by atoms with Crippen LogP contribution >= 0.6 is 0 Å². The van der Waals surface area contributed by atoms with Crippen LogP contribution in [0.2, 0.25) is 0 Å². The fourth-order valence-electron chi connectivity index (χ4n) is 6.56. The van der Waals surface area contributed by atoms with E-state index < -0.39 is 5.97 Å². The smallest absolute Gasteiger partial charge is 0.374 e. The first-order valence-corrected chi connectivity index (χ1v) is 14.1. The van der Waals surface area contributed by atoms with E-state index in [0.717, 1.165) is 28.0 Å². The molecule has 6 nitrogen and oxygen atoms in total. The second kappa shape index (κ2) is 10.3. The number of oxazole rings is 1. The van der Waals surface area contributed by atoms with E-state index in [1.54, 1.807) is 11.7 Å². The molecular formula is C35H31N2O4+. The van der Waals surface area contributed by atoms with E-state index in [-0.39, 0.29) is 6.54 Å². The number of methoxy groups -OCH3 is 1. The van der Waals surface area contributed by atoms with Gasteiger partial charge in [-0.15, -0.1) is 4.57 Å². The van der Waals surface area contributed by atoms with Gasteiger partial charge in [-0.05, 0) is 83.6 Å². The zero-order valence-corrected chi connectivity index (χ0v) is 22.9. The Morgan fingerprint density at radius 3 is 2.59 bits per heavy atom. The van der Waals surface area contributed by atoms with Gasteiger partial charge in [0.15, 0.2) is 0 Å². The summed E-state index contributed by atoms with van der Waals surface area (Å²) in [6.07, 6.45) is 7.49. The van der Waals surface area contributed by atoms with Crippen molar-refractivity contribution in [2.75, 3.05) is 12.0 Å². The number of hydrogen-bond donors (Lipinski definition) is 1. The van der Waals surface area contributed by atoms with Crippen LogP contribution < -0.4 is 14.2 Å². The molecule has 204 valence electrons. The van der Waals surface area contributed by atoms with Crippen LogP contribution in [0.3, 0.4) is 0 Å². The lowest BCUT2D eigenvalue weighted by molar-refractivity contribution is -0.666. The average Bonchev–Trinajstić information content (AvgIpc) is 3.69. The molecule has 0 saturated heterocycles. The maximum Gasteiger partial charge on any atom is 0.374 e. The minimum absolute atomic E-state index is 0.185. The lowest BCUT2D eigenvalue weighted by Gasteiger charge is -2.27. The summed E-state index contributed by atoms with van der Waals surface area (Å²) < 4.78 is 13.3.